The van der Waals surface area contributed by atoms with Crippen LogP contribution in [0.1, 0.15) is 32.3 Å². The van der Waals surface area contributed by atoms with Crippen LogP contribution in [0.25, 0.3) is 0 Å². The van der Waals surface area contributed by atoms with Gasteiger partial charge in [0.1, 0.15) is 5.82 Å². The van der Waals surface area contributed by atoms with E-state index in [1.807, 2.05) is 0 Å². The summed E-state index contributed by atoms with van der Waals surface area (Å²) >= 11 is 0. The highest BCUT2D eigenvalue weighted by molar-refractivity contribution is 5.10. The van der Waals surface area contributed by atoms with Crippen LogP contribution < -0.4 is 5.32 Å². The van der Waals surface area contributed by atoms with E-state index in [0.717, 1.165) is 31.7 Å². The predicted molar refractivity (Wildman–Crippen MR) is 75.3 cm³/mol. The van der Waals surface area contributed by atoms with E-state index >= 15 is 0 Å². The Kier molecular flexibility index (Phi) is 5.28. The van der Waals surface area contributed by atoms with Crippen LogP contribution in [0.4, 0.5) is 4.39 Å². The Bertz CT molecular complexity index is 395. The van der Waals surface area contributed by atoms with E-state index in [9.17, 15) is 4.39 Å². The van der Waals surface area contributed by atoms with Gasteiger partial charge in [-0.15, -0.1) is 0 Å². The van der Waals surface area contributed by atoms with E-state index in [-0.39, 0.29) is 5.82 Å². The second kappa shape index (κ2) is 6.96. The van der Waals surface area contributed by atoms with Crippen LogP contribution in [0.3, 0.4) is 0 Å². The molecule has 1 N–H and O–H groups in total. The van der Waals surface area contributed by atoms with Gasteiger partial charge in [0, 0.05) is 25.3 Å². The van der Waals surface area contributed by atoms with Gasteiger partial charge in [0.15, 0.2) is 0 Å². The monoisotopic (exact) mass is 265 g/mol. The van der Waals surface area contributed by atoms with E-state index in [4.69, 9.17) is 0 Å². The van der Waals surface area contributed by atoms with Gasteiger partial charge >= 0.3 is 0 Å². The third kappa shape index (κ3) is 4.55. The number of aromatic nitrogens is 1. The summed E-state index contributed by atoms with van der Waals surface area (Å²) < 4.78 is 13.1. The average Bonchev–Trinajstić information content (AvgIpc) is 2.76. The third-order valence-electron chi connectivity index (χ3n) is 3.58. The van der Waals surface area contributed by atoms with Crippen molar-refractivity contribution in [2.75, 3.05) is 19.6 Å². The molecule has 1 saturated heterocycles. The number of hydrogen-bond donors (Lipinski definition) is 1. The molecule has 1 aliphatic rings. The van der Waals surface area contributed by atoms with E-state index in [0.29, 0.717) is 12.0 Å². The lowest BCUT2D eigenvalue weighted by Gasteiger charge is -2.25. The third-order valence-corrected chi connectivity index (χ3v) is 3.58. The lowest BCUT2D eigenvalue weighted by atomic mass is 10.2. The first kappa shape index (κ1) is 14.4. The summed E-state index contributed by atoms with van der Waals surface area (Å²) in [5, 5.41) is 3.52. The molecule has 0 aliphatic carbocycles. The lowest BCUT2D eigenvalue weighted by Crippen LogP contribution is -2.38. The molecule has 106 valence electrons. The van der Waals surface area contributed by atoms with Gasteiger partial charge in [-0.05, 0) is 43.5 Å². The molecule has 1 aliphatic heterocycles. The van der Waals surface area contributed by atoms with E-state index in [1.165, 1.54) is 19.0 Å². The largest absolute Gasteiger partial charge is 0.315 e. The maximum atomic E-state index is 13.1. The van der Waals surface area contributed by atoms with Crippen LogP contribution in [0.2, 0.25) is 0 Å². The molecule has 1 fully saturated rings. The molecule has 2 heterocycles. The fourth-order valence-corrected chi connectivity index (χ4v) is 2.65. The second-order valence-corrected chi connectivity index (χ2v) is 5.83. The van der Waals surface area contributed by atoms with Gasteiger partial charge in [-0.2, -0.15) is 0 Å². The van der Waals surface area contributed by atoms with Crippen molar-refractivity contribution >= 4 is 0 Å². The number of likely N-dealkylation sites (tertiary alicyclic amines) is 1. The number of halogens is 1. The Hall–Kier alpha value is -1.00. The fourth-order valence-electron chi connectivity index (χ4n) is 2.65. The van der Waals surface area contributed by atoms with Crippen LogP contribution in [0.15, 0.2) is 18.5 Å². The molecular formula is C15H24FN3. The molecule has 0 aromatic carbocycles. The Morgan fingerprint density at radius 1 is 1.47 bits per heavy atom. The standard InChI is InChI=1S/C15H24FN3/c1-12(2)7-17-10-15-4-3-5-19(15)11-13-6-14(16)9-18-8-13/h6,8-9,12,15,17H,3-5,7,10-11H2,1-2H3. The number of pyridine rings is 1. The van der Waals surface area contributed by atoms with Crippen molar-refractivity contribution in [2.45, 2.75) is 39.3 Å². The first-order valence-corrected chi connectivity index (χ1v) is 7.19. The number of rotatable bonds is 6. The lowest BCUT2D eigenvalue weighted by molar-refractivity contribution is 0.237. The summed E-state index contributed by atoms with van der Waals surface area (Å²) in [4.78, 5) is 6.35. The molecule has 3 nitrogen and oxygen atoms in total. The number of hydrogen-bond acceptors (Lipinski definition) is 3. The zero-order valence-corrected chi connectivity index (χ0v) is 11.9. The minimum atomic E-state index is -0.244. The zero-order chi connectivity index (χ0) is 13.7. The van der Waals surface area contributed by atoms with Gasteiger partial charge in [-0.1, -0.05) is 13.8 Å². The van der Waals surface area contributed by atoms with E-state index < -0.39 is 0 Å². The quantitative estimate of drug-likeness (QED) is 0.856. The van der Waals surface area contributed by atoms with Gasteiger partial charge in [0.2, 0.25) is 0 Å². The molecule has 19 heavy (non-hydrogen) atoms. The molecule has 4 heteroatoms. The van der Waals surface area contributed by atoms with Crippen molar-refractivity contribution in [3.05, 3.63) is 29.8 Å². The Morgan fingerprint density at radius 3 is 3.05 bits per heavy atom. The maximum absolute atomic E-state index is 13.1. The van der Waals surface area contributed by atoms with E-state index in [2.05, 4.69) is 29.0 Å². The van der Waals surface area contributed by atoms with Crippen molar-refractivity contribution in [3.8, 4) is 0 Å². The molecule has 0 radical (unpaired) electrons. The smallest absolute Gasteiger partial charge is 0.141 e. The first-order chi connectivity index (χ1) is 9.15. The van der Waals surface area contributed by atoms with Gasteiger partial charge < -0.3 is 5.32 Å². The molecular weight excluding hydrogens is 241 g/mol. The summed E-state index contributed by atoms with van der Waals surface area (Å²) in [6, 6.07) is 2.16. The minimum Gasteiger partial charge on any atom is -0.315 e. The van der Waals surface area contributed by atoms with Gasteiger partial charge in [-0.25, -0.2) is 4.39 Å². The highest BCUT2D eigenvalue weighted by atomic mass is 19.1. The topological polar surface area (TPSA) is 28.2 Å². The van der Waals surface area contributed by atoms with Crippen LogP contribution in [0.5, 0.6) is 0 Å². The van der Waals surface area contributed by atoms with E-state index in [1.54, 1.807) is 12.3 Å². The highest BCUT2D eigenvalue weighted by Crippen LogP contribution is 2.19. The summed E-state index contributed by atoms with van der Waals surface area (Å²) in [7, 11) is 0. The Balaban J connectivity index is 1.84. The normalized spacial score (nSPS) is 20.3. The Morgan fingerprint density at radius 2 is 2.32 bits per heavy atom. The summed E-state index contributed by atoms with van der Waals surface area (Å²) in [6.07, 6.45) is 5.49. The molecule has 2 rings (SSSR count). The van der Waals surface area contributed by atoms with Crippen molar-refractivity contribution < 1.29 is 4.39 Å². The number of nitrogens with zero attached hydrogens (tertiary/aromatic N) is 2. The predicted octanol–water partition coefficient (Wildman–Crippen LogP) is 2.43. The molecule has 1 aromatic heterocycles. The zero-order valence-electron chi connectivity index (χ0n) is 11.9. The van der Waals surface area contributed by atoms with Crippen molar-refractivity contribution in [1.82, 2.24) is 15.2 Å². The molecule has 1 aromatic rings. The van der Waals surface area contributed by atoms with Crippen LogP contribution in [-0.2, 0) is 6.54 Å². The molecule has 1 unspecified atom stereocenters. The van der Waals surface area contributed by atoms with Gasteiger partial charge in [0.25, 0.3) is 0 Å². The maximum Gasteiger partial charge on any atom is 0.141 e. The number of nitrogens with one attached hydrogen (secondary N) is 1. The second-order valence-electron chi connectivity index (χ2n) is 5.83. The highest BCUT2D eigenvalue weighted by Gasteiger charge is 2.24. The van der Waals surface area contributed by atoms with Crippen molar-refractivity contribution in [1.29, 1.82) is 0 Å². The minimum absolute atomic E-state index is 0.244. The van der Waals surface area contributed by atoms with Crippen LogP contribution in [-0.4, -0.2) is 35.6 Å². The molecule has 1 atom stereocenters. The first-order valence-electron chi connectivity index (χ1n) is 7.19. The van der Waals surface area contributed by atoms with Gasteiger partial charge in [0.05, 0.1) is 6.20 Å². The molecule has 0 saturated carbocycles. The average molecular weight is 265 g/mol. The van der Waals surface area contributed by atoms with Crippen molar-refractivity contribution in [2.24, 2.45) is 5.92 Å². The van der Waals surface area contributed by atoms with Gasteiger partial charge in [-0.3, -0.25) is 9.88 Å². The fraction of sp³-hybridized carbons (Fsp3) is 0.667. The summed E-state index contributed by atoms with van der Waals surface area (Å²) in [5.41, 5.74) is 0.968. The van der Waals surface area contributed by atoms with Crippen LogP contribution >= 0.6 is 0 Å². The van der Waals surface area contributed by atoms with Crippen molar-refractivity contribution in [3.63, 3.8) is 0 Å². The molecule has 0 bridgehead atoms. The Labute approximate surface area is 115 Å². The summed E-state index contributed by atoms with van der Waals surface area (Å²) in [6.45, 7) is 8.44. The SMILES string of the molecule is CC(C)CNCC1CCCN1Cc1cncc(F)c1. The van der Waals surface area contributed by atoms with Crippen LogP contribution in [0, 0.1) is 11.7 Å². The molecule has 0 spiro atoms. The summed E-state index contributed by atoms with van der Waals surface area (Å²) in [5.74, 6) is 0.438. The molecule has 0 amide bonds.